The van der Waals surface area contributed by atoms with Crippen molar-refractivity contribution in [3.8, 4) is 22.6 Å². The van der Waals surface area contributed by atoms with Gasteiger partial charge in [-0.15, -0.1) is 0 Å². The molecule has 2 heterocycles. The highest BCUT2D eigenvalue weighted by molar-refractivity contribution is 5.84. The lowest BCUT2D eigenvalue weighted by atomic mass is 9.87. The third kappa shape index (κ3) is 5.41. The number of aryl methyl sites for hydroxylation is 2. The van der Waals surface area contributed by atoms with Gasteiger partial charge in [0.15, 0.2) is 0 Å². The molecule has 2 N–H and O–H groups in total. The highest BCUT2D eigenvalue weighted by Crippen LogP contribution is 2.40. The molecule has 35 heavy (non-hydrogen) atoms. The predicted molar refractivity (Wildman–Crippen MR) is 136 cm³/mol. The number of carboxylic acid groups (broad SMARTS) is 1. The molecule has 2 aromatic rings. The van der Waals surface area contributed by atoms with E-state index >= 15 is 0 Å². The molecule has 2 fully saturated rings. The smallest absolute Gasteiger partial charge is 0.329 e. The molecule has 0 saturated carbocycles. The molecule has 4 rings (SSSR count). The van der Waals surface area contributed by atoms with Gasteiger partial charge in [0.2, 0.25) is 0 Å². The van der Waals surface area contributed by atoms with Crippen molar-refractivity contribution < 1.29 is 28.8 Å². The number of carboxylic acids is 1. The largest absolute Gasteiger partial charge is 0.496 e. The first-order valence-corrected chi connectivity index (χ1v) is 12.4. The van der Waals surface area contributed by atoms with Crippen LogP contribution < -0.4 is 14.8 Å². The van der Waals surface area contributed by atoms with Crippen LogP contribution in [0.15, 0.2) is 24.3 Å². The monoisotopic (exact) mass is 483 g/mol. The summed E-state index contributed by atoms with van der Waals surface area (Å²) in [6.07, 6.45) is 3.85. The SMILES string of the molecule is COc1cc(-c2c(C)cc(NC3(C(=O)O)CCOCC3)cc2CC[C@H]2CCOC2)cc(OC)c1C. The molecule has 0 amide bonds. The number of benzene rings is 2. The number of ether oxygens (including phenoxy) is 4. The Morgan fingerprint density at radius 3 is 2.31 bits per heavy atom. The quantitative estimate of drug-likeness (QED) is 0.519. The molecule has 0 aliphatic carbocycles. The van der Waals surface area contributed by atoms with Crippen molar-refractivity contribution in [1.29, 1.82) is 0 Å². The van der Waals surface area contributed by atoms with E-state index in [1.165, 1.54) is 5.56 Å². The van der Waals surface area contributed by atoms with Gasteiger partial charge in [-0.3, -0.25) is 0 Å². The van der Waals surface area contributed by atoms with Gasteiger partial charge in [-0.2, -0.15) is 0 Å². The van der Waals surface area contributed by atoms with Crippen molar-refractivity contribution >= 4 is 11.7 Å². The predicted octanol–water partition coefficient (Wildman–Crippen LogP) is 5.00. The van der Waals surface area contributed by atoms with E-state index < -0.39 is 11.5 Å². The number of anilines is 1. The molecule has 0 bridgehead atoms. The fraction of sp³-hybridized carbons (Fsp3) is 0.536. The van der Waals surface area contributed by atoms with Crippen LogP contribution in [0.25, 0.3) is 11.1 Å². The zero-order valence-electron chi connectivity index (χ0n) is 21.2. The van der Waals surface area contributed by atoms with Crippen molar-refractivity contribution in [1.82, 2.24) is 0 Å². The summed E-state index contributed by atoms with van der Waals surface area (Å²) < 4.78 is 22.3. The molecule has 2 aliphatic heterocycles. The Morgan fingerprint density at radius 2 is 1.74 bits per heavy atom. The number of hydrogen-bond acceptors (Lipinski definition) is 6. The molecule has 0 radical (unpaired) electrons. The molecule has 7 heteroatoms. The molecule has 2 saturated heterocycles. The number of aliphatic carboxylic acids is 1. The Bertz CT molecular complexity index is 1030. The molecule has 1 atom stereocenters. The first-order valence-electron chi connectivity index (χ1n) is 12.4. The normalized spacial score (nSPS) is 19.4. The van der Waals surface area contributed by atoms with Gasteiger partial charge >= 0.3 is 5.97 Å². The molecule has 0 aromatic heterocycles. The number of carbonyl (C=O) groups is 1. The van der Waals surface area contributed by atoms with E-state index in [4.69, 9.17) is 18.9 Å². The maximum atomic E-state index is 12.3. The minimum absolute atomic E-state index is 0.435. The number of hydrogen-bond donors (Lipinski definition) is 2. The molecule has 190 valence electrons. The minimum atomic E-state index is -1.01. The Labute approximate surface area is 207 Å². The second-order valence-corrected chi connectivity index (χ2v) is 9.73. The fourth-order valence-electron chi connectivity index (χ4n) is 5.33. The summed E-state index contributed by atoms with van der Waals surface area (Å²) in [5, 5.41) is 13.4. The van der Waals surface area contributed by atoms with E-state index in [9.17, 15) is 9.90 Å². The van der Waals surface area contributed by atoms with Crippen LogP contribution >= 0.6 is 0 Å². The van der Waals surface area contributed by atoms with Gasteiger partial charge in [-0.05, 0) is 85.5 Å². The van der Waals surface area contributed by atoms with Gasteiger partial charge < -0.3 is 29.4 Å². The van der Waals surface area contributed by atoms with Crippen LogP contribution in [0.5, 0.6) is 11.5 Å². The van der Waals surface area contributed by atoms with Gasteiger partial charge in [0.1, 0.15) is 17.0 Å². The zero-order valence-corrected chi connectivity index (χ0v) is 21.2. The van der Waals surface area contributed by atoms with Crippen molar-refractivity contribution in [3.63, 3.8) is 0 Å². The third-order valence-corrected chi connectivity index (χ3v) is 7.44. The van der Waals surface area contributed by atoms with Crippen LogP contribution in [0.1, 0.15) is 42.4 Å². The molecule has 2 aromatic carbocycles. The minimum Gasteiger partial charge on any atom is -0.496 e. The number of nitrogens with one attached hydrogen (secondary N) is 1. The van der Waals surface area contributed by atoms with Crippen LogP contribution in [-0.4, -0.2) is 57.3 Å². The summed E-state index contributed by atoms with van der Waals surface area (Å²) in [4.78, 5) is 12.3. The van der Waals surface area contributed by atoms with Crippen molar-refractivity contribution in [2.75, 3.05) is 46.0 Å². The summed E-state index contributed by atoms with van der Waals surface area (Å²) in [6.45, 7) is 6.58. The summed E-state index contributed by atoms with van der Waals surface area (Å²) in [5.74, 6) is 1.27. The second-order valence-electron chi connectivity index (χ2n) is 9.73. The average molecular weight is 484 g/mol. The van der Waals surface area contributed by atoms with Crippen molar-refractivity contribution in [2.24, 2.45) is 5.92 Å². The maximum Gasteiger partial charge on any atom is 0.329 e. The zero-order chi connectivity index (χ0) is 25.0. The molecule has 0 spiro atoms. The van der Waals surface area contributed by atoms with Crippen LogP contribution in [0, 0.1) is 19.8 Å². The van der Waals surface area contributed by atoms with Crippen molar-refractivity contribution in [2.45, 2.75) is 51.5 Å². The van der Waals surface area contributed by atoms with Gasteiger partial charge in [0.25, 0.3) is 0 Å². The third-order valence-electron chi connectivity index (χ3n) is 7.44. The van der Waals surface area contributed by atoms with Gasteiger partial charge in [0, 0.05) is 50.5 Å². The molecular formula is C28H37NO6. The standard InChI is InChI=1S/C28H37NO6/c1-18-13-23(29-28(27(30)31)8-11-34-12-9-28)14-21(6-5-20-7-10-35-17-20)26(18)22-15-24(32-3)19(2)25(16-22)33-4/h13-16,20,29H,5-12,17H2,1-4H3,(H,30,31)/t20-/m0/s1. The number of methoxy groups -OCH3 is 2. The Hall–Kier alpha value is -2.77. The van der Waals surface area contributed by atoms with Gasteiger partial charge in [-0.25, -0.2) is 4.79 Å². The Morgan fingerprint density at radius 1 is 1.06 bits per heavy atom. The van der Waals surface area contributed by atoms with E-state index in [2.05, 4.69) is 36.5 Å². The van der Waals surface area contributed by atoms with Crippen LogP contribution in [0.2, 0.25) is 0 Å². The first-order chi connectivity index (χ1) is 16.9. The van der Waals surface area contributed by atoms with Crippen LogP contribution in [-0.2, 0) is 20.7 Å². The summed E-state index contributed by atoms with van der Waals surface area (Å²) >= 11 is 0. The van der Waals surface area contributed by atoms with Gasteiger partial charge in [-0.1, -0.05) is 0 Å². The maximum absolute atomic E-state index is 12.3. The number of rotatable bonds is 9. The lowest BCUT2D eigenvalue weighted by Crippen LogP contribution is -2.50. The molecule has 0 unspecified atom stereocenters. The van der Waals surface area contributed by atoms with Crippen LogP contribution in [0.3, 0.4) is 0 Å². The van der Waals surface area contributed by atoms with E-state index in [1.807, 2.05) is 6.92 Å². The highest BCUT2D eigenvalue weighted by atomic mass is 16.5. The van der Waals surface area contributed by atoms with E-state index in [0.29, 0.717) is 32.0 Å². The first kappa shape index (κ1) is 25.3. The molecule has 2 aliphatic rings. The Balaban J connectivity index is 1.76. The molecule has 7 nitrogen and oxygen atoms in total. The van der Waals surface area contributed by atoms with E-state index in [1.54, 1.807) is 14.2 Å². The summed E-state index contributed by atoms with van der Waals surface area (Å²) in [7, 11) is 3.34. The lowest BCUT2D eigenvalue weighted by Gasteiger charge is -2.35. The van der Waals surface area contributed by atoms with Crippen molar-refractivity contribution in [3.05, 3.63) is 41.0 Å². The van der Waals surface area contributed by atoms with Gasteiger partial charge in [0.05, 0.1) is 14.2 Å². The second kappa shape index (κ2) is 10.9. The average Bonchev–Trinajstić information content (AvgIpc) is 3.37. The Kier molecular flexibility index (Phi) is 7.87. The van der Waals surface area contributed by atoms with Crippen LogP contribution in [0.4, 0.5) is 5.69 Å². The van der Waals surface area contributed by atoms with E-state index in [0.717, 1.165) is 71.9 Å². The summed E-state index contributed by atoms with van der Waals surface area (Å²) in [5.41, 5.74) is 5.21. The highest BCUT2D eigenvalue weighted by Gasteiger charge is 2.40. The molecular weight excluding hydrogens is 446 g/mol. The topological polar surface area (TPSA) is 86.3 Å². The fourth-order valence-corrected chi connectivity index (χ4v) is 5.33. The van der Waals surface area contributed by atoms with E-state index in [-0.39, 0.29) is 0 Å². The summed E-state index contributed by atoms with van der Waals surface area (Å²) in [6, 6.07) is 8.30. The lowest BCUT2D eigenvalue weighted by molar-refractivity contribution is -0.145.